The maximum atomic E-state index is 11.7. The van der Waals surface area contributed by atoms with Gasteiger partial charge in [-0.2, -0.15) is 0 Å². The summed E-state index contributed by atoms with van der Waals surface area (Å²) >= 11 is 6.14. The molecule has 1 spiro atoms. The van der Waals surface area contributed by atoms with Crippen LogP contribution >= 0.6 is 11.6 Å². The molecule has 39 heavy (non-hydrogen) atoms. The zero-order chi connectivity index (χ0) is 27.4. The van der Waals surface area contributed by atoms with E-state index < -0.39 is 12.1 Å². The third-order valence-corrected chi connectivity index (χ3v) is 7.61. The summed E-state index contributed by atoms with van der Waals surface area (Å²) in [6.07, 6.45) is 0.859. The van der Waals surface area contributed by atoms with Crippen LogP contribution in [0, 0.1) is 0 Å². The summed E-state index contributed by atoms with van der Waals surface area (Å²) in [5.41, 5.74) is 3.02. The fourth-order valence-electron chi connectivity index (χ4n) is 5.24. The number of benzene rings is 3. The summed E-state index contributed by atoms with van der Waals surface area (Å²) < 4.78 is 23.0. The molecular formula is C30H32ClNO7. The van der Waals surface area contributed by atoms with Gasteiger partial charge in [0.25, 0.3) is 0 Å². The first-order valence-electron chi connectivity index (χ1n) is 12.9. The summed E-state index contributed by atoms with van der Waals surface area (Å²) in [4.78, 5) is 13.9. The average Bonchev–Trinajstić information content (AvgIpc) is 3.29. The Morgan fingerprint density at radius 1 is 1.05 bits per heavy atom. The lowest BCUT2D eigenvalue weighted by Gasteiger charge is -2.39. The molecule has 5 rings (SSSR count). The van der Waals surface area contributed by atoms with Crippen molar-refractivity contribution in [2.45, 2.75) is 37.8 Å². The van der Waals surface area contributed by atoms with E-state index in [1.807, 2.05) is 36.4 Å². The number of carbonyl (C=O) groups is 1. The summed E-state index contributed by atoms with van der Waals surface area (Å²) in [5.74, 6) is 0.270. The Balaban J connectivity index is 1.14. The summed E-state index contributed by atoms with van der Waals surface area (Å²) in [6, 6.07) is 18.0. The van der Waals surface area contributed by atoms with Crippen LogP contribution in [0.25, 0.3) is 0 Å². The van der Waals surface area contributed by atoms with E-state index in [9.17, 15) is 15.0 Å². The Morgan fingerprint density at radius 2 is 1.79 bits per heavy atom. The number of halogens is 1. The topological polar surface area (TPSA) is 97.7 Å². The van der Waals surface area contributed by atoms with Gasteiger partial charge in [0.15, 0.2) is 0 Å². The van der Waals surface area contributed by atoms with Crippen molar-refractivity contribution in [3.63, 3.8) is 0 Å². The third kappa shape index (κ3) is 6.31. The number of hydrogen-bond donors (Lipinski definition) is 2. The van der Waals surface area contributed by atoms with Crippen LogP contribution in [-0.4, -0.2) is 60.5 Å². The second kappa shape index (κ2) is 11.8. The van der Waals surface area contributed by atoms with Gasteiger partial charge in [-0.05, 0) is 65.9 Å². The maximum absolute atomic E-state index is 11.7. The van der Waals surface area contributed by atoms with E-state index >= 15 is 0 Å². The zero-order valence-corrected chi connectivity index (χ0v) is 22.5. The Hall–Kier alpha value is -3.30. The summed E-state index contributed by atoms with van der Waals surface area (Å²) in [7, 11) is 1.61. The number of methoxy groups -OCH3 is 1. The molecule has 0 radical (unpaired) electrons. The largest absolute Gasteiger partial charge is 0.497 e. The number of carboxylic acids is 1. The molecule has 0 bridgehead atoms. The highest BCUT2D eigenvalue weighted by Gasteiger charge is 2.42. The molecule has 2 N–H and O–H groups in total. The normalized spacial score (nSPS) is 17.0. The van der Waals surface area contributed by atoms with E-state index in [-0.39, 0.29) is 23.5 Å². The number of likely N-dealkylation sites (tertiary alicyclic amines) is 1. The molecule has 2 aliphatic rings. The van der Waals surface area contributed by atoms with Crippen LogP contribution in [0.15, 0.2) is 60.7 Å². The SMILES string of the molecule is COc1ccc(COc2ccc(C(=O)O)c(OC[C@@H](O)CN3CCC4(CC3)OCc3cc(Cl)ccc34)c2)cc1. The first-order chi connectivity index (χ1) is 18.8. The minimum Gasteiger partial charge on any atom is -0.497 e. The number of aromatic carboxylic acids is 1. The van der Waals surface area contributed by atoms with Crippen molar-refractivity contribution in [3.8, 4) is 17.2 Å². The Kier molecular flexibility index (Phi) is 8.28. The Bertz CT molecular complexity index is 1310. The van der Waals surface area contributed by atoms with E-state index in [1.54, 1.807) is 19.2 Å². The van der Waals surface area contributed by atoms with Gasteiger partial charge in [-0.25, -0.2) is 4.79 Å². The van der Waals surface area contributed by atoms with Gasteiger partial charge in [-0.15, -0.1) is 0 Å². The van der Waals surface area contributed by atoms with Crippen molar-refractivity contribution < 1.29 is 34.0 Å². The van der Waals surface area contributed by atoms with E-state index in [4.69, 9.17) is 30.5 Å². The molecule has 1 atom stereocenters. The predicted molar refractivity (Wildman–Crippen MR) is 146 cm³/mol. The lowest BCUT2D eigenvalue weighted by molar-refractivity contribution is -0.0835. The van der Waals surface area contributed by atoms with Crippen LogP contribution < -0.4 is 14.2 Å². The Labute approximate surface area is 232 Å². The van der Waals surface area contributed by atoms with Crippen LogP contribution in [0.2, 0.25) is 5.02 Å². The molecule has 3 aromatic carbocycles. The number of piperidine rings is 1. The van der Waals surface area contributed by atoms with Crippen LogP contribution in [-0.2, 0) is 23.6 Å². The number of ether oxygens (including phenoxy) is 4. The van der Waals surface area contributed by atoms with Crippen LogP contribution in [0.5, 0.6) is 17.2 Å². The van der Waals surface area contributed by atoms with Gasteiger partial charge in [-0.3, -0.25) is 0 Å². The molecule has 0 unspecified atom stereocenters. The lowest BCUT2D eigenvalue weighted by Crippen LogP contribution is -2.46. The fraction of sp³-hybridized carbons (Fsp3) is 0.367. The van der Waals surface area contributed by atoms with Gasteiger partial charge in [-0.1, -0.05) is 29.8 Å². The van der Waals surface area contributed by atoms with Gasteiger partial charge < -0.3 is 34.1 Å². The van der Waals surface area contributed by atoms with E-state index in [0.29, 0.717) is 25.5 Å². The van der Waals surface area contributed by atoms with E-state index in [0.717, 1.165) is 47.8 Å². The Morgan fingerprint density at radius 3 is 2.51 bits per heavy atom. The van der Waals surface area contributed by atoms with E-state index in [1.165, 1.54) is 11.6 Å². The van der Waals surface area contributed by atoms with Crippen LogP contribution in [0.3, 0.4) is 0 Å². The quantitative estimate of drug-likeness (QED) is 0.366. The highest BCUT2D eigenvalue weighted by Crippen LogP contribution is 2.44. The molecule has 0 aliphatic carbocycles. The van der Waals surface area contributed by atoms with E-state index in [2.05, 4.69) is 11.0 Å². The molecule has 3 aromatic rings. The summed E-state index contributed by atoms with van der Waals surface area (Å²) in [6.45, 7) is 2.79. The second-order valence-electron chi connectivity index (χ2n) is 9.95. The molecule has 8 nitrogen and oxygen atoms in total. The van der Waals surface area contributed by atoms with Gasteiger partial charge in [0.2, 0.25) is 0 Å². The van der Waals surface area contributed by atoms with Crippen molar-refractivity contribution in [2.24, 2.45) is 0 Å². The fourth-order valence-corrected chi connectivity index (χ4v) is 5.44. The molecule has 1 fully saturated rings. The molecule has 9 heteroatoms. The number of rotatable bonds is 10. The van der Waals surface area contributed by atoms with Crippen molar-refractivity contribution in [2.75, 3.05) is 33.4 Å². The molecular weight excluding hydrogens is 522 g/mol. The first-order valence-corrected chi connectivity index (χ1v) is 13.3. The maximum Gasteiger partial charge on any atom is 0.339 e. The molecule has 0 saturated carbocycles. The minimum atomic E-state index is -1.11. The summed E-state index contributed by atoms with van der Waals surface area (Å²) in [5, 5.41) is 21.0. The molecule has 0 amide bonds. The van der Waals surface area contributed by atoms with Gasteiger partial charge in [0.05, 0.1) is 19.3 Å². The average molecular weight is 554 g/mol. The smallest absolute Gasteiger partial charge is 0.339 e. The number of aliphatic hydroxyl groups is 1. The highest BCUT2D eigenvalue weighted by molar-refractivity contribution is 6.30. The number of nitrogens with zero attached hydrogens (tertiary/aromatic N) is 1. The predicted octanol–water partition coefficient (Wildman–Crippen LogP) is 4.89. The molecule has 2 heterocycles. The van der Waals surface area contributed by atoms with Crippen molar-refractivity contribution >= 4 is 17.6 Å². The van der Waals surface area contributed by atoms with Gasteiger partial charge in [0.1, 0.15) is 42.1 Å². The number of hydrogen-bond acceptors (Lipinski definition) is 7. The monoisotopic (exact) mass is 553 g/mol. The van der Waals surface area contributed by atoms with Crippen molar-refractivity contribution in [1.29, 1.82) is 0 Å². The number of carboxylic acid groups (broad SMARTS) is 1. The third-order valence-electron chi connectivity index (χ3n) is 7.37. The molecule has 2 aliphatic heterocycles. The van der Waals surface area contributed by atoms with Crippen LogP contribution in [0.1, 0.15) is 39.9 Å². The number of β-amino-alcohol motifs (C(OH)–C–C–N with tert-alkyl or cyclic N) is 1. The minimum absolute atomic E-state index is 0.0102. The lowest BCUT2D eigenvalue weighted by atomic mass is 9.84. The highest BCUT2D eigenvalue weighted by atomic mass is 35.5. The number of aliphatic hydroxyl groups excluding tert-OH is 1. The molecule has 0 aromatic heterocycles. The van der Waals surface area contributed by atoms with Gasteiger partial charge in [0, 0.05) is 30.7 Å². The molecule has 206 valence electrons. The zero-order valence-electron chi connectivity index (χ0n) is 21.8. The van der Waals surface area contributed by atoms with Gasteiger partial charge >= 0.3 is 5.97 Å². The van der Waals surface area contributed by atoms with Crippen molar-refractivity contribution in [1.82, 2.24) is 4.90 Å². The number of fused-ring (bicyclic) bond motifs is 2. The van der Waals surface area contributed by atoms with Crippen molar-refractivity contribution in [3.05, 3.63) is 87.9 Å². The second-order valence-corrected chi connectivity index (χ2v) is 10.4. The first kappa shape index (κ1) is 27.3. The standard InChI is InChI=1S/C30H32ClNO7/c1-36-24-5-2-20(3-6-24)17-37-25-7-8-26(29(34)35)28(15-25)38-19-23(33)16-32-12-10-30(11-13-32)27-9-4-22(31)14-21(27)18-39-30/h2-9,14-15,23,33H,10-13,16-19H2,1H3,(H,34,35)/t23-/m0/s1. The van der Waals surface area contributed by atoms with Crippen LogP contribution in [0.4, 0.5) is 0 Å². The molecule has 1 saturated heterocycles.